The van der Waals surface area contributed by atoms with Crippen LogP contribution in [0.25, 0.3) is 5.69 Å². The van der Waals surface area contributed by atoms with Crippen LogP contribution in [0.2, 0.25) is 5.02 Å². The van der Waals surface area contributed by atoms with Crippen LogP contribution in [-0.2, 0) is 14.4 Å². The summed E-state index contributed by atoms with van der Waals surface area (Å²) in [4.78, 5) is 52.9. The zero-order valence-corrected chi connectivity index (χ0v) is 20.8. The van der Waals surface area contributed by atoms with Crippen molar-refractivity contribution in [1.29, 1.82) is 0 Å². The molecule has 11 heteroatoms. The van der Waals surface area contributed by atoms with E-state index in [9.17, 15) is 28.7 Å². The Morgan fingerprint density at radius 3 is 2.29 bits per heavy atom. The van der Waals surface area contributed by atoms with Crippen LogP contribution >= 0.6 is 11.6 Å². The highest BCUT2D eigenvalue weighted by Crippen LogP contribution is 2.49. The number of halogens is 2. The van der Waals surface area contributed by atoms with Gasteiger partial charge in [-0.25, -0.2) is 4.39 Å². The second kappa shape index (κ2) is 10.4. The molecule has 196 valence electrons. The first-order valence-corrected chi connectivity index (χ1v) is 12.4. The Hall–Kier alpha value is -4.02. The number of carbonyl (C=O) groups excluding carboxylic acids is 3. The molecule has 2 heterocycles. The van der Waals surface area contributed by atoms with E-state index in [4.69, 9.17) is 11.6 Å². The van der Waals surface area contributed by atoms with Crippen molar-refractivity contribution < 1.29 is 23.9 Å². The van der Waals surface area contributed by atoms with Crippen molar-refractivity contribution >= 4 is 40.7 Å². The molecule has 2 fully saturated rings. The van der Waals surface area contributed by atoms with Gasteiger partial charge in [0.15, 0.2) is 0 Å². The van der Waals surface area contributed by atoms with E-state index in [1.54, 1.807) is 36.4 Å². The van der Waals surface area contributed by atoms with Gasteiger partial charge in [-0.05, 0) is 48.9 Å². The summed E-state index contributed by atoms with van der Waals surface area (Å²) >= 11 is 5.90. The van der Waals surface area contributed by atoms with E-state index in [1.165, 1.54) is 33.9 Å². The van der Waals surface area contributed by atoms with Gasteiger partial charge < -0.3 is 20.6 Å². The predicted octanol–water partition coefficient (Wildman–Crippen LogP) is 2.66. The molecule has 1 aliphatic heterocycles. The molecule has 1 aliphatic carbocycles. The minimum atomic E-state index is -1.02. The molecule has 38 heavy (non-hydrogen) atoms. The van der Waals surface area contributed by atoms with Crippen LogP contribution in [0.3, 0.4) is 0 Å². The first-order valence-electron chi connectivity index (χ1n) is 12.0. The number of β-amino-alcohol motifs (C(OH)–C–C–N with tert-alkyl or cyclic N) is 1. The van der Waals surface area contributed by atoms with Gasteiger partial charge in [-0.2, -0.15) is 0 Å². The SMILES string of the molecule is O=C(Nc1ccc(Cl)cc1)[C@@H]1[C@H](C(=O)Nc2ccc(-n3ccccc3=O)cc2F)[C@H]1C(=O)N1CC[C@H](O)C1. The number of pyridine rings is 1. The molecule has 0 spiro atoms. The van der Waals surface area contributed by atoms with E-state index in [1.807, 2.05) is 0 Å². The Balaban J connectivity index is 1.34. The fourth-order valence-electron chi connectivity index (χ4n) is 4.79. The maximum Gasteiger partial charge on any atom is 0.255 e. The van der Waals surface area contributed by atoms with Crippen molar-refractivity contribution in [3.8, 4) is 5.69 Å². The molecule has 0 bridgehead atoms. The zero-order valence-electron chi connectivity index (χ0n) is 20.0. The molecule has 3 N–H and O–H groups in total. The molecule has 0 radical (unpaired) electrons. The first-order chi connectivity index (χ1) is 18.2. The molecule has 2 aromatic carbocycles. The van der Waals surface area contributed by atoms with Crippen molar-refractivity contribution in [2.75, 3.05) is 23.7 Å². The van der Waals surface area contributed by atoms with Gasteiger partial charge in [-0.1, -0.05) is 17.7 Å². The number of anilines is 2. The molecular weight excluding hydrogens is 515 g/mol. The number of nitrogens with one attached hydrogen (secondary N) is 2. The minimum Gasteiger partial charge on any atom is -0.391 e. The van der Waals surface area contributed by atoms with Crippen molar-refractivity contribution in [3.63, 3.8) is 0 Å². The zero-order chi connectivity index (χ0) is 27.0. The Morgan fingerprint density at radius 2 is 1.66 bits per heavy atom. The number of likely N-dealkylation sites (tertiary alicyclic amines) is 1. The van der Waals surface area contributed by atoms with Crippen LogP contribution in [0, 0.1) is 23.6 Å². The number of benzene rings is 2. The van der Waals surface area contributed by atoms with Gasteiger partial charge in [0, 0.05) is 42.1 Å². The number of rotatable bonds is 6. The van der Waals surface area contributed by atoms with Gasteiger partial charge in [0.1, 0.15) is 5.82 Å². The van der Waals surface area contributed by atoms with Crippen molar-refractivity contribution in [3.05, 3.63) is 88.1 Å². The predicted molar refractivity (Wildman–Crippen MR) is 138 cm³/mol. The monoisotopic (exact) mass is 538 g/mol. The standard InChI is InChI=1S/C27H24ClFN4O5/c28-15-4-6-16(7-5-15)30-25(36)22-23(24(22)27(38)32-12-10-18(34)14-32)26(37)31-20-9-8-17(13-19(20)29)33-11-2-1-3-21(33)35/h1-9,11,13,18,22-24,34H,10,12,14H2,(H,30,36)(H,31,37)/t18-,22+,23-,24-/m0/s1. The van der Waals surface area contributed by atoms with Crippen molar-refractivity contribution in [2.24, 2.45) is 17.8 Å². The van der Waals surface area contributed by atoms with E-state index < -0.39 is 47.4 Å². The number of aromatic nitrogens is 1. The molecule has 2 aliphatic rings. The van der Waals surface area contributed by atoms with Gasteiger partial charge >= 0.3 is 0 Å². The second-order valence-corrected chi connectivity index (χ2v) is 9.80. The normalized spacial score (nSPS) is 22.1. The lowest BCUT2D eigenvalue weighted by Gasteiger charge is -2.15. The van der Waals surface area contributed by atoms with Crippen LogP contribution in [0.15, 0.2) is 71.7 Å². The Kier molecular flexibility index (Phi) is 7.00. The summed E-state index contributed by atoms with van der Waals surface area (Å²) in [6.07, 6.45) is 1.25. The van der Waals surface area contributed by atoms with Crippen LogP contribution < -0.4 is 16.2 Å². The lowest BCUT2D eigenvalue weighted by molar-refractivity contribution is -0.134. The number of amides is 3. The van der Waals surface area contributed by atoms with Crippen LogP contribution in [0.4, 0.5) is 15.8 Å². The first kappa shape index (κ1) is 25.6. The van der Waals surface area contributed by atoms with Gasteiger partial charge in [0.05, 0.1) is 35.2 Å². The number of carbonyl (C=O) groups is 3. The summed E-state index contributed by atoms with van der Waals surface area (Å²) in [6, 6.07) is 14.8. The van der Waals surface area contributed by atoms with E-state index in [2.05, 4.69) is 10.6 Å². The van der Waals surface area contributed by atoms with Crippen molar-refractivity contribution in [2.45, 2.75) is 12.5 Å². The smallest absolute Gasteiger partial charge is 0.255 e. The number of aliphatic hydroxyl groups excluding tert-OH is 1. The van der Waals surface area contributed by atoms with Crippen LogP contribution in [0.1, 0.15) is 6.42 Å². The average molecular weight is 539 g/mol. The average Bonchev–Trinajstić information content (AvgIpc) is 3.51. The summed E-state index contributed by atoms with van der Waals surface area (Å²) in [5, 5.41) is 15.5. The summed E-state index contributed by atoms with van der Waals surface area (Å²) in [6.45, 7) is 0.454. The molecule has 3 aromatic rings. The third-order valence-corrected chi connectivity index (χ3v) is 7.06. The van der Waals surface area contributed by atoms with Gasteiger partial charge in [0.2, 0.25) is 17.7 Å². The highest BCUT2D eigenvalue weighted by atomic mass is 35.5. The largest absolute Gasteiger partial charge is 0.391 e. The molecule has 3 amide bonds. The molecule has 1 saturated carbocycles. The molecule has 0 unspecified atom stereocenters. The maximum atomic E-state index is 14.9. The molecule has 1 saturated heterocycles. The highest BCUT2D eigenvalue weighted by Gasteiger charge is 2.63. The molecular formula is C27H24ClFN4O5. The third-order valence-electron chi connectivity index (χ3n) is 6.81. The van der Waals surface area contributed by atoms with Gasteiger partial charge in [-0.15, -0.1) is 0 Å². The van der Waals surface area contributed by atoms with E-state index in [0.717, 1.165) is 6.07 Å². The van der Waals surface area contributed by atoms with Crippen LogP contribution in [0.5, 0.6) is 0 Å². The van der Waals surface area contributed by atoms with Gasteiger partial charge in [0.25, 0.3) is 5.56 Å². The topological polar surface area (TPSA) is 121 Å². The Morgan fingerprint density at radius 1 is 0.947 bits per heavy atom. The summed E-state index contributed by atoms with van der Waals surface area (Å²) in [5.41, 5.74) is 0.239. The Labute approximate surface area is 221 Å². The number of hydrogen-bond donors (Lipinski definition) is 3. The summed E-state index contributed by atoms with van der Waals surface area (Å²) in [7, 11) is 0. The van der Waals surface area contributed by atoms with E-state index >= 15 is 0 Å². The lowest BCUT2D eigenvalue weighted by atomic mass is 10.2. The highest BCUT2D eigenvalue weighted by molar-refractivity contribution is 6.30. The van der Waals surface area contributed by atoms with E-state index in [0.29, 0.717) is 23.7 Å². The quantitative estimate of drug-likeness (QED) is 0.445. The fourth-order valence-corrected chi connectivity index (χ4v) is 4.92. The third kappa shape index (κ3) is 5.18. The minimum absolute atomic E-state index is 0.129. The molecule has 5 rings (SSSR count). The van der Waals surface area contributed by atoms with Crippen molar-refractivity contribution in [1.82, 2.24) is 9.47 Å². The molecule has 9 nitrogen and oxygen atoms in total. The lowest BCUT2D eigenvalue weighted by Crippen LogP contribution is -2.33. The summed E-state index contributed by atoms with van der Waals surface area (Å²) in [5.74, 6) is -5.33. The van der Waals surface area contributed by atoms with Crippen LogP contribution in [-0.4, -0.2) is 51.5 Å². The van der Waals surface area contributed by atoms with E-state index in [-0.39, 0.29) is 23.5 Å². The summed E-state index contributed by atoms with van der Waals surface area (Å²) < 4.78 is 16.2. The number of aliphatic hydroxyl groups is 1. The Bertz CT molecular complexity index is 1460. The molecule has 1 aromatic heterocycles. The second-order valence-electron chi connectivity index (χ2n) is 9.36. The van der Waals surface area contributed by atoms with Gasteiger partial charge in [-0.3, -0.25) is 23.7 Å². The molecule has 4 atom stereocenters. The maximum absolute atomic E-state index is 14.9. The fraction of sp³-hybridized carbons (Fsp3) is 0.259. The number of hydrogen-bond acceptors (Lipinski definition) is 5. The number of nitrogens with zero attached hydrogens (tertiary/aromatic N) is 2.